The second kappa shape index (κ2) is 9.52. The number of ether oxygens (including phenoxy) is 1. The zero-order valence-electron chi connectivity index (χ0n) is 23.9. The fourth-order valence-corrected chi connectivity index (χ4v) is 9.41. The van der Waals surface area contributed by atoms with Crippen molar-refractivity contribution in [3.63, 3.8) is 0 Å². The Morgan fingerprint density at radius 3 is 2.36 bits per heavy atom. The standard InChI is InChI=1S/C31H50O5/c1-17(19(3)29(5,6)35)28(36-20(4)32)18(2)27-26(34)16-25-23-10-9-21-15-22(33)11-13-30(21,7)24(23)12-14-31(25,27)8/h17,19,21,23-26,28,34-35H,9-16H2,1-8H3. The van der Waals surface area contributed by atoms with Crippen molar-refractivity contribution in [3.8, 4) is 0 Å². The maximum absolute atomic E-state index is 12.2. The number of hydrogen-bond acceptors (Lipinski definition) is 5. The van der Waals surface area contributed by atoms with Gasteiger partial charge in [0.05, 0.1) is 11.7 Å². The Kier molecular flexibility index (Phi) is 7.36. The molecule has 204 valence electrons. The van der Waals surface area contributed by atoms with Crippen LogP contribution < -0.4 is 0 Å². The Labute approximate surface area is 218 Å². The van der Waals surface area contributed by atoms with E-state index in [4.69, 9.17) is 4.74 Å². The maximum Gasteiger partial charge on any atom is 0.303 e. The SMILES string of the molecule is CC(=O)OC(C(C)=C1C(O)CC2C3CCC4CC(=O)CCC4(C)C3CCC12C)C(C)C(C)C(C)(C)O. The van der Waals surface area contributed by atoms with E-state index in [2.05, 4.69) is 13.8 Å². The minimum absolute atomic E-state index is 0.0956. The lowest BCUT2D eigenvalue weighted by Crippen LogP contribution is -2.53. The molecule has 0 heterocycles. The van der Waals surface area contributed by atoms with Gasteiger partial charge in [-0.3, -0.25) is 9.59 Å². The molecule has 4 aliphatic carbocycles. The topological polar surface area (TPSA) is 83.8 Å². The molecule has 5 nitrogen and oxygen atoms in total. The molecule has 0 bridgehead atoms. The number of hydrogen-bond donors (Lipinski definition) is 2. The van der Waals surface area contributed by atoms with E-state index in [1.807, 2.05) is 20.8 Å². The first-order valence-electron chi connectivity index (χ1n) is 14.4. The second-order valence-corrected chi connectivity index (χ2v) is 14.0. The van der Waals surface area contributed by atoms with Gasteiger partial charge >= 0.3 is 5.97 Å². The van der Waals surface area contributed by atoms with Gasteiger partial charge in [0.15, 0.2) is 0 Å². The van der Waals surface area contributed by atoms with E-state index in [0.717, 1.165) is 62.5 Å². The van der Waals surface area contributed by atoms with E-state index in [0.29, 0.717) is 29.5 Å². The number of aliphatic hydroxyl groups excluding tert-OH is 1. The summed E-state index contributed by atoms with van der Waals surface area (Å²) in [4.78, 5) is 24.4. The van der Waals surface area contributed by atoms with Crippen LogP contribution in [0.25, 0.3) is 0 Å². The Hall–Kier alpha value is -1.20. The van der Waals surface area contributed by atoms with Crippen LogP contribution in [0.3, 0.4) is 0 Å². The molecule has 5 heteroatoms. The average molecular weight is 503 g/mol. The Morgan fingerprint density at radius 2 is 1.75 bits per heavy atom. The molecule has 4 saturated carbocycles. The van der Waals surface area contributed by atoms with Crippen LogP contribution in [-0.4, -0.2) is 39.8 Å². The van der Waals surface area contributed by atoms with E-state index in [1.54, 1.807) is 13.8 Å². The predicted octanol–water partition coefficient (Wildman–Crippen LogP) is 5.86. The summed E-state index contributed by atoms with van der Waals surface area (Å²) in [6, 6.07) is 0. The Balaban J connectivity index is 1.68. The summed E-state index contributed by atoms with van der Waals surface area (Å²) in [7, 11) is 0. The van der Waals surface area contributed by atoms with Crippen molar-refractivity contribution in [1.82, 2.24) is 0 Å². The number of ketones is 1. The minimum atomic E-state index is -0.906. The number of Topliss-reactive ketones (excluding diaryl/α,β-unsaturated/α-hetero) is 1. The summed E-state index contributed by atoms with van der Waals surface area (Å²) >= 11 is 0. The first-order valence-corrected chi connectivity index (χ1v) is 14.4. The largest absolute Gasteiger partial charge is 0.458 e. The number of carbonyl (C=O) groups excluding carboxylic acids is 2. The van der Waals surface area contributed by atoms with Gasteiger partial charge in [0, 0.05) is 25.7 Å². The van der Waals surface area contributed by atoms with Crippen LogP contribution in [0.2, 0.25) is 0 Å². The lowest BCUT2D eigenvalue weighted by Gasteiger charge is -2.59. The van der Waals surface area contributed by atoms with E-state index in [9.17, 15) is 19.8 Å². The fraction of sp³-hybridized carbons (Fsp3) is 0.871. The Morgan fingerprint density at radius 1 is 1.08 bits per heavy atom. The van der Waals surface area contributed by atoms with Crippen LogP contribution in [0.15, 0.2) is 11.1 Å². The molecular formula is C31H50O5. The molecule has 10 atom stereocenters. The molecule has 10 unspecified atom stereocenters. The van der Waals surface area contributed by atoms with E-state index in [1.165, 1.54) is 6.92 Å². The first-order chi connectivity index (χ1) is 16.6. The molecule has 0 aromatic rings. The summed E-state index contributed by atoms with van der Waals surface area (Å²) < 4.78 is 5.93. The molecule has 4 fully saturated rings. The zero-order valence-corrected chi connectivity index (χ0v) is 23.9. The van der Waals surface area contributed by atoms with Crippen molar-refractivity contribution in [1.29, 1.82) is 0 Å². The normalized spacial score (nSPS) is 42.5. The summed E-state index contributed by atoms with van der Waals surface area (Å²) in [5, 5.41) is 22.3. The monoisotopic (exact) mass is 502 g/mol. The highest BCUT2D eigenvalue weighted by Gasteiger charge is 2.61. The molecule has 4 aliphatic rings. The maximum atomic E-state index is 12.2. The number of carbonyl (C=O) groups is 2. The van der Waals surface area contributed by atoms with Crippen molar-refractivity contribution < 1.29 is 24.5 Å². The second-order valence-electron chi connectivity index (χ2n) is 14.0. The van der Waals surface area contributed by atoms with Crippen molar-refractivity contribution in [3.05, 3.63) is 11.1 Å². The molecule has 0 aromatic carbocycles. The van der Waals surface area contributed by atoms with Gasteiger partial charge in [-0.1, -0.05) is 27.7 Å². The van der Waals surface area contributed by atoms with Crippen molar-refractivity contribution >= 4 is 11.8 Å². The van der Waals surface area contributed by atoms with Gasteiger partial charge < -0.3 is 14.9 Å². The van der Waals surface area contributed by atoms with E-state index >= 15 is 0 Å². The number of fused-ring (bicyclic) bond motifs is 5. The van der Waals surface area contributed by atoms with E-state index in [-0.39, 0.29) is 28.6 Å². The van der Waals surface area contributed by atoms with Crippen molar-refractivity contribution in [2.45, 2.75) is 125 Å². The summed E-state index contributed by atoms with van der Waals surface area (Å²) in [5.74, 6) is 2.04. The van der Waals surface area contributed by atoms with Gasteiger partial charge in [0.2, 0.25) is 0 Å². The van der Waals surface area contributed by atoms with E-state index < -0.39 is 17.8 Å². The summed E-state index contributed by atoms with van der Waals surface area (Å²) in [5.41, 5.74) is 1.28. The molecule has 36 heavy (non-hydrogen) atoms. The van der Waals surface area contributed by atoms with Gasteiger partial charge in [0.25, 0.3) is 0 Å². The van der Waals surface area contributed by atoms with Crippen LogP contribution in [0.1, 0.15) is 107 Å². The Bertz CT molecular complexity index is 914. The smallest absolute Gasteiger partial charge is 0.303 e. The first kappa shape index (κ1) is 27.8. The number of rotatable bonds is 5. The van der Waals surface area contributed by atoms with Crippen LogP contribution in [-0.2, 0) is 14.3 Å². The molecule has 0 amide bonds. The average Bonchev–Trinajstić information content (AvgIpc) is 3.05. The highest BCUT2D eigenvalue weighted by Crippen LogP contribution is 2.67. The molecule has 0 aliphatic heterocycles. The van der Waals surface area contributed by atoms with Gasteiger partial charge in [-0.2, -0.15) is 0 Å². The van der Waals surface area contributed by atoms with Crippen LogP contribution in [0, 0.1) is 46.3 Å². The highest BCUT2D eigenvalue weighted by molar-refractivity contribution is 5.79. The predicted molar refractivity (Wildman–Crippen MR) is 141 cm³/mol. The van der Waals surface area contributed by atoms with Crippen molar-refractivity contribution in [2.24, 2.45) is 46.3 Å². The molecular weight excluding hydrogens is 452 g/mol. The third kappa shape index (κ3) is 4.51. The third-order valence-corrected chi connectivity index (χ3v) is 11.8. The molecule has 2 N–H and O–H groups in total. The van der Waals surface area contributed by atoms with Crippen molar-refractivity contribution in [2.75, 3.05) is 0 Å². The zero-order chi connectivity index (χ0) is 26.8. The van der Waals surface area contributed by atoms with Gasteiger partial charge in [-0.05, 0) is 111 Å². The quantitative estimate of drug-likeness (QED) is 0.363. The molecule has 4 rings (SSSR count). The summed E-state index contributed by atoms with van der Waals surface area (Å²) in [6.07, 6.45) is 6.72. The molecule has 0 radical (unpaired) electrons. The fourth-order valence-electron chi connectivity index (χ4n) is 9.41. The molecule has 0 aromatic heterocycles. The van der Waals surface area contributed by atoms with Crippen LogP contribution in [0.5, 0.6) is 0 Å². The lowest BCUT2D eigenvalue weighted by atomic mass is 9.45. The number of aliphatic hydroxyl groups is 2. The van der Waals surface area contributed by atoms with Crippen LogP contribution in [0.4, 0.5) is 0 Å². The number of esters is 1. The van der Waals surface area contributed by atoms with Crippen LogP contribution >= 0.6 is 0 Å². The summed E-state index contributed by atoms with van der Waals surface area (Å²) in [6.45, 7) is 16.0. The lowest BCUT2D eigenvalue weighted by molar-refractivity contribution is -0.149. The van der Waals surface area contributed by atoms with Gasteiger partial charge in [-0.25, -0.2) is 0 Å². The minimum Gasteiger partial charge on any atom is -0.458 e. The third-order valence-electron chi connectivity index (χ3n) is 11.8. The molecule has 0 saturated heterocycles. The molecule has 0 spiro atoms. The van der Waals surface area contributed by atoms with Gasteiger partial charge in [0.1, 0.15) is 11.9 Å². The highest BCUT2D eigenvalue weighted by atomic mass is 16.5. The van der Waals surface area contributed by atoms with Gasteiger partial charge in [-0.15, -0.1) is 0 Å².